The molecule has 10 nitrogen and oxygen atoms in total. The normalized spacial score (nSPS) is 14.8. The van der Waals surface area contributed by atoms with E-state index in [9.17, 15) is 31.2 Å². The number of rotatable bonds is 8. The molecule has 208 valence electrons. The van der Waals surface area contributed by atoms with Crippen LogP contribution in [0.1, 0.15) is 28.4 Å². The minimum atomic E-state index is -5.05. The molecule has 15 heteroatoms. The van der Waals surface area contributed by atoms with Gasteiger partial charge in [0.05, 0.1) is 16.2 Å². The first-order valence-corrected chi connectivity index (χ1v) is 13.4. The van der Waals surface area contributed by atoms with E-state index in [0.29, 0.717) is 0 Å². The number of nitrogens with one attached hydrogen (secondary N) is 1. The number of ether oxygens (including phenoxy) is 1. The molecular formula is C23H26ClF3N4O6S. The van der Waals surface area contributed by atoms with Gasteiger partial charge in [-0.15, -0.1) is 13.2 Å². The number of hydrogen-bond donors (Lipinski definition) is 3. The standard InChI is InChI=1S/C23H26ClF3N4O6S/c1-2-38(35,36)20-4-3-16(24)9-14(20)12-29-21(32)17-11-19(37-23(25,26)27)15(10-18(17)28)13-30-5-7-31(8-6-30)22(33)34/h3-4,9-11H,2,5-8,12-13,28H2,1H3,(H,29,32)(H,33,34). The molecule has 0 radical (unpaired) electrons. The van der Waals surface area contributed by atoms with E-state index in [4.69, 9.17) is 22.4 Å². The number of alkyl halides is 3. The largest absolute Gasteiger partial charge is 0.573 e. The average Bonchev–Trinajstić information content (AvgIpc) is 2.83. The second-order valence-corrected chi connectivity index (χ2v) is 11.2. The number of anilines is 1. The summed E-state index contributed by atoms with van der Waals surface area (Å²) < 4.78 is 68.5. The first-order chi connectivity index (χ1) is 17.7. The molecule has 0 spiro atoms. The highest BCUT2D eigenvalue weighted by atomic mass is 35.5. The van der Waals surface area contributed by atoms with Crippen LogP contribution >= 0.6 is 11.6 Å². The van der Waals surface area contributed by atoms with Crippen LogP contribution in [0.25, 0.3) is 0 Å². The number of carboxylic acid groups (broad SMARTS) is 1. The molecule has 3 rings (SSSR count). The van der Waals surface area contributed by atoms with Crippen molar-refractivity contribution >= 4 is 39.1 Å². The Morgan fingerprint density at radius 2 is 1.79 bits per heavy atom. The molecular weight excluding hydrogens is 553 g/mol. The fraction of sp³-hybridized carbons (Fsp3) is 0.391. The van der Waals surface area contributed by atoms with Gasteiger partial charge in [-0.2, -0.15) is 0 Å². The Morgan fingerprint density at radius 1 is 1.13 bits per heavy atom. The maximum absolute atomic E-state index is 13.2. The number of hydrogen-bond acceptors (Lipinski definition) is 7. The number of nitrogens with zero attached hydrogens (tertiary/aromatic N) is 2. The van der Waals surface area contributed by atoms with Crippen LogP contribution in [0.4, 0.5) is 23.7 Å². The van der Waals surface area contributed by atoms with Crippen LogP contribution in [0.15, 0.2) is 35.2 Å². The molecule has 0 unspecified atom stereocenters. The third-order valence-corrected chi connectivity index (χ3v) is 7.98. The Hall–Kier alpha value is -3.23. The molecule has 38 heavy (non-hydrogen) atoms. The molecule has 1 aliphatic rings. The molecule has 0 bridgehead atoms. The van der Waals surface area contributed by atoms with Gasteiger partial charge in [-0.1, -0.05) is 18.5 Å². The van der Waals surface area contributed by atoms with Gasteiger partial charge in [0.1, 0.15) is 5.75 Å². The predicted octanol–water partition coefficient (Wildman–Crippen LogP) is 3.34. The minimum absolute atomic E-state index is 0.0221. The van der Waals surface area contributed by atoms with Crippen molar-refractivity contribution in [3.8, 4) is 5.75 Å². The summed E-state index contributed by atoms with van der Waals surface area (Å²) in [4.78, 5) is 26.9. The molecule has 1 saturated heterocycles. The molecule has 2 aromatic rings. The zero-order valence-corrected chi connectivity index (χ0v) is 21.8. The Kier molecular flexibility index (Phi) is 9.00. The number of piperazine rings is 1. The van der Waals surface area contributed by atoms with Gasteiger partial charge in [0.2, 0.25) is 0 Å². The number of carbonyl (C=O) groups is 2. The van der Waals surface area contributed by atoms with Crippen LogP contribution in [-0.4, -0.2) is 73.6 Å². The van der Waals surface area contributed by atoms with Crippen LogP contribution in [0.2, 0.25) is 5.02 Å². The van der Waals surface area contributed by atoms with Crippen molar-refractivity contribution in [2.75, 3.05) is 37.7 Å². The van der Waals surface area contributed by atoms with E-state index >= 15 is 0 Å². The van der Waals surface area contributed by atoms with Crippen molar-refractivity contribution < 1.29 is 41.0 Å². The number of amides is 2. The highest BCUT2D eigenvalue weighted by Gasteiger charge is 2.33. The summed E-state index contributed by atoms with van der Waals surface area (Å²) in [7, 11) is -3.64. The topological polar surface area (TPSA) is 142 Å². The maximum Gasteiger partial charge on any atom is 0.573 e. The predicted molar refractivity (Wildman–Crippen MR) is 133 cm³/mol. The van der Waals surface area contributed by atoms with Gasteiger partial charge in [0.25, 0.3) is 5.91 Å². The third-order valence-electron chi connectivity index (χ3n) is 5.92. The first-order valence-electron chi connectivity index (χ1n) is 11.4. The van der Waals surface area contributed by atoms with Crippen LogP contribution < -0.4 is 15.8 Å². The summed E-state index contributed by atoms with van der Waals surface area (Å²) >= 11 is 5.98. The number of benzene rings is 2. The molecule has 0 aliphatic carbocycles. The molecule has 0 saturated carbocycles. The van der Waals surface area contributed by atoms with Crippen LogP contribution in [0.3, 0.4) is 0 Å². The first kappa shape index (κ1) is 29.3. The van der Waals surface area contributed by atoms with Crippen LogP contribution in [0.5, 0.6) is 5.75 Å². The zero-order chi connectivity index (χ0) is 28.3. The highest BCUT2D eigenvalue weighted by Crippen LogP contribution is 2.32. The number of carbonyl (C=O) groups excluding carboxylic acids is 1. The lowest BCUT2D eigenvalue weighted by Gasteiger charge is -2.33. The lowest BCUT2D eigenvalue weighted by atomic mass is 10.1. The van der Waals surface area contributed by atoms with E-state index in [2.05, 4.69) is 10.1 Å². The number of nitrogens with two attached hydrogens (primary N) is 1. The van der Waals surface area contributed by atoms with Gasteiger partial charge < -0.3 is 25.8 Å². The maximum atomic E-state index is 13.2. The van der Waals surface area contributed by atoms with Crippen molar-refractivity contribution in [2.24, 2.45) is 0 Å². The van der Waals surface area contributed by atoms with Crippen molar-refractivity contribution in [1.29, 1.82) is 0 Å². The lowest BCUT2D eigenvalue weighted by molar-refractivity contribution is -0.275. The van der Waals surface area contributed by atoms with Gasteiger partial charge >= 0.3 is 12.5 Å². The van der Waals surface area contributed by atoms with Gasteiger partial charge in [-0.05, 0) is 35.9 Å². The van der Waals surface area contributed by atoms with Gasteiger partial charge in [-0.25, -0.2) is 13.2 Å². The second-order valence-electron chi connectivity index (χ2n) is 8.48. The van der Waals surface area contributed by atoms with E-state index in [1.54, 1.807) is 4.90 Å². The Morgan fingerprint density at radius 3 is 2.37 bits per heavy atom. The van der Waals surface area contributed by atoms with Crippen molar-refractivity contribution in [2.45, 2.75) is 31.3 Å². The molecule has 1 aliphatic heterocycles. The Balaban J connectivity index is 1.84. The van der Waals surface area contributed by atoms with E-state index in [1.807, 2.05) is 0 Å². The van der Waals surface area contributed by atoms with Gasteiger partial charge in [0.15, 0.2) is 9.84 Å². The van der Waals surface area contributed by atoms with E-state index in [-0.39, 0.29) is 77.3 Å². The molecule has 0 aromatic heterocycles. The second kappa shape index (κ2) is 11.7. The van der Waals surface area contributed by atoms with Crippen molar-refractivity contribution in [3.05, 3.63) is 52.0 Å². The fourth-order valence-corrected chi connectivity index (χ4v) is 5.25. The number of sulfone groups is 1. The van der Waals surface area contributed by atoms with Crippen molar-refractivity contribution in [3.63, 3.8) is 0 Å². The highest BCUT2D eigenvalue weighted by molar-refractivity contribution is 7.91. The smallest absolute Gasteiger partial charge is 0.465 e. The van der Waals surface area contributed by atoms with E-state index in [1.165, 1.54) is 36.1 Å². The molecule has 2 aromatic carbocycles. The number of nitrogen functional groups attached to an aromatic ring is 1. The molecule has 1 fully saturated rings. The summed E-state index contributed by atoms with van der Waals surface area (Å²) in [5, 5.41) is 11.8. The summed E-state index contributed by atoms with van der Waals surface area (Å²) in [5.74, 6) is -1.67. The van der Waals surface area contributed by atoms with Crippen LogP contribution in [-0.2, 0) is 22.9 Å². The lowest BCUT2D eigenvalue weighted by Crippen LogP contribution is -2.47. The SMILES string of the molecule is CCS(=O)(=O)c1ccc(Cl)cc1CNC(=O)c1cc(OC(F)(F)F)c(CN2CCN(C(=O)O)CC2)cc1N. The van der Waals surface area contributed by atoms with Gasteiger partial charge in [-0.3, -0.25) is 9.69 Å². The Labute approximate surface area is 222 Å². The molecule has 0 atom stereocenters. The monoisotopic (exact) mass is 578 g/mol. The van der Waals surface area contributed by atoms with E-state index < -0.39 is 33.9 Å². The summed E-state index contributed by atoms with van der Waals surface area (Å²) in [5.41, 5.74) is 5.86. The quantitative estimate of drug-likeness (QED) is 0.405. The Bertz CT molecular complexity index is 1310. The molecule has 1 heterocycles. The molecule has 4 N–H and O–H groups in total. The summed E-state index contributed by atoms with van der Waals surface area (Å²) in [6.07, 6.45) is -6.13. The fourth-order valence-electron chi connectivity index (χ4n) is 3.94. The van der Waals surface area contributed by atoms with E-state index in [0.717, 1.165) is 6.07 Å². The number of halogens is 4. The average molecular weight is 579 g/mol. The summed E-state index contributed by atoms with van der Waals surface area (Å²) in [6, 6.07) is 6.17. The van der Waals surface area contributed by atoms with Crippen LogP contribution in [0, 0.1) is 0 Å². The van der Waals surface area contributed by atoms with Crippen molar-refractivity contribution in [1.82, 2.24) is 15.1 Å². The summed E-state index contributed by atoms with van der Waals surface area (Å²) in [6.45, 7) is 2.08. The molecule has 2 amide bonds. The third kappa shape index (κ3) is 7.42. The zero-order valence-electron chi connectivity index (χ0n) is 20.2. The minimum Gasteiger partial charge on any atom is -0.465 e. The van der Waals surface area contributed by atoms with Gasteiger partial charge in [0, 0.05) is 55.5 Å².